The second-order valence-electron chi connectivity index (χ2n) is 5.56. The lowest BCUT2D eigenvalue weighted by molar-refractivity contribution is -0.276. The summed E-state index contributed by atoms with van der Waals surface area (Å²) in [5, 5.41) is 0. The lowest BCUT2D eigenvalue weighted by Gasteiger charge is -2.15. The zero-order chi connectivity index (χ0) is 23.4. The van der Waals surface area contributed by atoms with Crippen molar-refractivity contribution in [1.29, 1.82) is 0 Å². The van der Waals surface area contributed by atoms with E-state index in [2.05, 4.69) is 18.8 Å². The summed E-state index contributed by atoms with van der Waals surface area (Å²) in [5.74, 6) is -8.49. The molecule has 0 aliphatic rings. The first-order valence-corrected chi connectivity index (χ1v) is 7.77. The van der Waals surface area contributed by atoms with Crippen LogP contribution in [0.3, 0.4) is 0 Å². The van der Waals surface area contributed by atoms with Gasteiger partial charge in [0.25, 0.3) is 0 Å². The fourth-order valence-electron chi connectivity index (χ4n) is 2.10. The summed E-state index contributed by atoms with van der Waals surface area (Å²) in [5.41, 5.74) is -1.19. The maximum absolute atomic E-state index is 13.3. The maximum Gasteiger partial charge on any atom is 0.573 e. The highest BCUT2D eigenvalue weighted by molar-refractivity contribution is 6.17. The molecule has 4 nitrogen and oxygen atoms in total. The number of alkyl halides is 6. The predicted octanol–water partition coefficient (Wildman–Crippen LogP) is 5.31. The summed E-state index contributed by atoms with van der Waals surface area (Å²) in [4.78, 5) is 0. The number of hydrogen-bond donors (Lipinski definition) is 0. The molecule has 0 saturated carbocycles. The van der Waals surface area contributed by atoms with E-state index in [4.69, 9.17) is 0 Å². The quantitative estimate of drug-likeness (QED) is 0.301. The fourth-order valence-corrected chi connectivity index (χ4v) is 2.10. The van der Waals surface area contributed by atoms with Crippen molar-refractivity contribution in [3.63, 3.8) is 0 Å². The van der Waals surface area contributed by atoms with E-state index in [1.807, 2.05) is 0 Å². The van der Waals surface area contributed by atoms with Gasteiger partial charge in [-0.05, 0) is 12.1 Å². The molecule has 2 aromatic carbocycles. The van der Waals surface area contributed by atoms with Gasteiger partial charge in [-0.15, -0.1) is 26.3 Å². The smallest absolute Gasteiger partial charge is 0.409 e. The second-order valence-corrected chi connectivity index (χ2v) is 5.56. The first-order chi connectivity index (χ1) is 14.2. The van der Waals surface area contributed by atoms with Crippen LogP contribution in [0.4, 0.5) is 43.9 Å². The van der Waals surface area contributed by atoms with Gasteiger partial charge in [0.15, 0.2) is 23.3 Å². The molecule has 0 amide bonds. The summed E-state index contributed by atoms with van der Waals surface area (Å²) >= 11 is 0. The van der Waals surface area contributed by atoms with E-state index < -0.39 is 71.8 Å². The van der Waals surface area contributed by atoms with Crippen LogP contribution in [0.5, 0.6) is 11.5 Å². The Bertz CT molecular complexity index is 843. The lowest BCUT2D eigenvalue weighted by Crippen LogP contribution is -2.19. The lowest BCUT2D eigenvalue weighted by atomic mass is 10.2. The Labute approximate surface area is 167 Å². The minimum atomic E-state index is -5.22. The average molecular weight is 465 g/mol. The van der Waals surface area contributed by atoms with Crippen molar-refractivity contribution >= 4 is 7.69 Å². The van der Waals surface area contributed by atoms with E-state index in [0.29, 0.717) is 19.8 Å². The molecule has 0 saturated heterocycles. The van der Waals surface area contributed by atoms with Crippen molar-refractivity contribution in [3.8, 4) is 11.5 Å². The van der Waals surface area contributed by atoms with E-state index in [0.717, 1.165) is 0 Å². The summed E-state index contributed by atoms with van der Waals surface area (Å²) in [6.07, 6.45) is -10.4. The first-order valence-electron chi connectivity index (χ1n) is 7.77. The third-order valence-electron chi connectivity index (χ3n) is 3.27. The Morgan fingerprint density at radius 3 is 1.23 bits per heavy atom. The van der Waals surface area contributed by atoms with Crippen molar-refractivity contribution < 1.29 is 62.7 Å². The van der Waals surface area contributed by atoms with Gasteiger partial charge in [0.1, 0.15) is 11.5 Å². The van der Waals surface area contributed by atoms with Crippen LogP contribution >= 0.6 is 0 Å². The SMILES string of the molecule is Fc1cc(CO[B]OCc2cc(F)c(F)cc2OC(F)(F)F)c(OC(F)(F)F)cc1F. The Kier molecular flexibility index (Phi) is 7.65. The van der Waals surface area contributed by atoms with Crippen molar-refractivity contribution in [1.82, 2.24) is 0 Å². The molecule has 0 bridgehead atoms. The van der Waals surface area contributed by atoms with Crippen molar-refractivity contribution in [2.24, 2.45) is 0 Å². The molecule has 0 aliphatic carbocycles. The van der Waals surface area contributed by atoms with Crippen molar-refractivity contribution in [2.45, 2.75) is 25.9 Å². The van der Waals surface area contributed by atoms with Crippen LogP contribution in [0.25, 0.3) is 0 Å². The van der Waals surface area contributed by atoms with Crippen LogP contribution in [-0.2, 0) is 22.5 Å². The minimum absolute atomic E-state index is 0.129. The second kappa shape index (κ2) is 9.64. The maximum atomic E-state index is 13.3. The minimum Gasteiger partial charge on any atom is -0.409 e. The Hall–Kier alpha value is -2.68. The molecular weight excluding hydrogens is 457 g/mol. The summed E-state index contributed by atoms with van der Waals surface area (Å²) in [6, 6.07) is 0.971. The van der Waals surface area contributed by atoms with E-state index in [1.165, 1.54) is 0 Å². The van der Waals surface area contributed by atoms with Crippen LogP contribution in [0, 0.1) is 23.3 Å². The summed E-state index contributed by atoms with van der Waals surface area (Å²) in [6.45, 7) is -1.68. The highest BCUT2D eigenvalue weighted by atomic mass is 19.4. The Morgan fingerprint density at radius 2 is 0.903 bits per heavy atom. The molecule has 1 radical (unpaired) electrons. The number of ether oxygens (including phenoxy) is 2. The standard InChI is InChI=1S/C16H8BF10O4/c18-9-1-7(13(3-11(9)20)30-15(22,23)24)5-28-17-29-6-8-2-10(19)12(21)4-14(8)31-16(25,26)27/h1-4H,5-6H2. The first kappa shape index (κ1) is 24.6. The van der Waals surface area contributed by atoms with Crippen LogP contribution < -0.4 is 9.47 Å². The molecular formula is C16H8BF10O4. The predicted molar refractivity (Wildman–Crippen MR) is 81.4 cm³/mol. The molecule has 31 heavy (non-hydrogen) atoms. The number of rotatable bonds is 8. The van der Waals surface area contributed by atoms with Gasteiger partial charge in [-0.3, -0.25) is 0 Å². The molecule has 0 spiro atoms. The van der Waals surface area contributed by atoms with Crippen molar-refractivity contribution in [3.05, 3.63) is 58.7 Å². The molecule has 0 aromatic heterocycles. The molecule has 0 atom stereocenters. The van der Waals surface area contributed by atoms with E-state index in [-0.39, 0.29) is 12.1 Å². The van der Waals surface area contributed by atoms with Crippen LogP contribution in [0.1, 0.15) is 11.1 Å². The molecule has 0 unspecified atom stereocenters. The van der Waals surface area contributed by atoms with Gasteiger partial charge >= 0.3 is 20.4 Å². The average Bonchev–Trinajstić information content (AvgIpc) is 2.60. The Morgan fingerprint density at radius 1 is 0.581 bits per heavy atom. The molecule has 2 aromatic rings. The highest BCUT2D eigenvalue weighted by Crippen LogP contribution is 2.30. The normalized spacial score (nSPS) is 12.1. The molecule has 0 fully saturated rings. The van der Waals surface area contributed by atoms with Gasteiger partial charge in [-0.1, -0.05) is 0 Å². The molecule has 2 rings (SSSR count). The third kappa shape index (κ3) is 7.82. The number of hydrogen-bond acceptors (Lipinski definition) is 4. The van der Waals surface area contributed by atoms with E-state index >= 15 is 0 Å². The van der Waals surface area contributed by atoms with E-state index in [1.54, 1.807) is 0 Å². The van der Waals surface area contributed by atoms with Gasteiger partial charge < -0.3 is 18.8 Å². The summed E-state index contributed by atoms with van der Waals surface area (Å²) < 4.78 is 143. The molecule has 0 heterocycles. The van der Waals surface area contributed by atoms with Gasteiger partial charge in [0, 0.05) is 23.3 Å². The zero-order valence-electron chi connectivity index (χ0n) is 14.7. The highest BCUT2D eigenvalue weighted by Gasteiger charge is 2.33. The molecule has 0 aliphatic heterocycles. The van der Waals surface area contributed by atoms with Gasteiger partial charge in [0.05, 0.1) is 13.2 Å². The zero-order valence-corrected chi connectivity index (χ0v) is 14.7. The third-order valence-corrected chi connectivity index (χ3v) is 3.27. The fraction of sp³-hybridized carbons (Fsp3) is 0.250. The molecule has 0 N–H and O–H groups in total. The van der Waals surface area contributed by atoms with Gasteiger partial charge in [0.2, 0.25) is 0 Å². The van der Waals surface area contributed by atoms with Crippen LogP contribution in [-0.4, -0.2) is 20.4 Å². The number of halogens is 10. The number of benzene rings is 2. The molecule has 169 valence electrons. The van der Waals surface area contributed by atoms with E-state index in [9.17, 15) is 43.9 Å². The van der Waals surface area contributed by atoms with Crippen LogP contribution in [0.2, 0.25) is 0 Å². The summed E-state index contributed by atoms with van der Waals surface area (Å²) in [7, 11) is 0.414. The topological polar surface area (TPSA) is 36.9 Å². The van der Waals surface area contributed by atoms with Crippen molar-refractivity contribution in [2.75, 3.05) is 0 Å². The largest absolute Gasteiger partial charge is 0.573 e. The molecule has 15 heteroatoms. The van der Waals surface area contributed by atoms with Gasteiger partial charge in [-0.2, -0.15) is 0 Å². The van der Waals surface area contributed by atoms with Crippen LogP contribution in [0.15, 0.2) is 24.3 Å². The monoisotopic (exact) mass is 465 g/mol. The Balaban J connectivity index is 2.00. The van der Waals surface area contributed by atoms with Gasteiger partial charge in [-0.25, -0.2) is 17.6 Å².